The lowest BCUT2D eigenvalue weighted by Crippen LogP contribution is -2.28. The van der Waals surface area contributed by atoms with E-state index in [0.29, 0.717) is 22.8 Å². The summed E-state index contributed by atoms with van der Waals surface area (Å²) in [5.74, 6) is 0.121. The Kier molecular flexibility index (Phi) is 2.94. The van der Waals surface area contributed by atoms with Gasteiger partial charge in [0.25, 0.3) is 11.7 Å². The molecule has 0 saturated carbocycles. The second-order valence-electron chi connectivity index (χ2n) is 5.35. The summed E-state index contributed by atoms with van der Waals surface area (Å²) in [4.78, 5) is 25.9. The van der Waals surface area contributed by atoms with Crippen LogP contribution < -0.4 is 9.64 Å². The standard InChI is InChI=1S/C18H13NO4/c1-22-12-6-7-15-14(9-12)17(20)18(21)19(15)10-13-8-11-4-2-3-5-16(11)23-13/h2-9H,10H2,1H3. The molecule has 1 aliphatic rings. The fourth-order valence-electron chi connectivity index (χ4n) is 2.83. The van der Waals surface area contributed by atoms with Gasteiger partial charge in [-0.05, 0) is 30.3 Å². The SMILES string of the molecule is COc1ccc2c(c1)C(=O)C(=O)N2Cc1cc2ccccc2o1. The molecular weight excluding hydrogens is 294 g/mol. The van der Waals surface area contributed by atoms with Crippen molar-refractivity contribution in [1.29, 1.82) is 0 Å². The quantitative estimate of drug-likeness (QED) is 0.697. The van der Waals surface area contributed by atoms with Crippen LogP contribution in [-0.4, -0.2) is 18.8 Å². The molecule has 0 bridgehead atoms. The molecule has 0 atom stereocenters. The predicted octanol–water partition coefficient (Wildman–Crippen LogP) is 3.17. The second kappa shape index (κ2) is 4.98. The molecule has 0 radical (unpaired) electrons. The molecular formula is C18H13NO4. The number of para-hydroxylation sites is 1. The number of carbonyl (C=O) groups excluding carboxylic acids is 2. The molecule has 0 unspecified atom stereocenters. The minimum Gasteiger partial charge on any atom is -0.497 e. The number of anilines is 1. The highest BCUT2D eigenvalue weighted by molar-refractivity contribution is 6.52. The van der Waals surface area contributed by atoms with Crippen molar-refractivity contribution in [1.82, 2.24) is 0 Å². The number of carbonyl (C=O) groups is 2. The van der Waals surface area contributed by atoms with E-state index in [1.54, 1.807) is 18.2 Å². The van der Waals surface area contributed by atoms with Crippen molar-refractivity contribution in [2.24, 2.45) is 0 Å². The number of hydrogen-bond donors (Lipinski definition) is 0. The largest absolute Gasteiger partial charge is 0.497 e. The topological polar surface area (TPSA) is 59.8 Å². The molecule has 0 N–H and O–H groups in total. The van der Waals surface area contributed by atoms with Crippen LogP contribution in [0, 0.1) is 0 Å². The van der Waals surface area contributed by atoms with E-state index in [-0.39, 0.29) is 6.54 Å². The van der Waals surface area contributed by atoms with Crippen LogP contribution in [0.3, 0.4) is 0 Å². The summed E-state index contributed by atoms with van der Waals surface area (Å²) >= 11 is 0. The zero-order valence-electron chi connectivity index (χ0n) is 12.4. The van der Waals surface area contributed by atoms with E-state index in [0.717, 1.165) is 11.0 Å². The minimum atomic E-state index is -0.547. The Balaban J connectivity index is 1.72. The van der Waals surface area contributed by atoms with E-state index in [1.165, 1.54) is 12.0 Å². The first-order valence-corrected chi connectivity index (χ1v) is 7.19. The highest BCUT2D eigenvalue weighted by Crippen LogP contribution is 2.33. The van der Waals surface area contributed by atoms with Crippen LogP contribution in [0.2, 0.25) is 0 Å². The Morgan fingerprint density at radius 1 is 1.09 bits per heavy atom. The highest BCUT2D eigenvalue weighted by Gasteiger charge is 2.36. The number of Topliss-reactive ketones (excluding diaryl/α,β-unsaturated/α-hetero) is 1. The van der Waals surface area contributed by atoms with Crippen molar-refractivity contribution in [3.63, 3.8) is 0 Å². The third-order valence-electron chi connectivity index (χ3n) is 3.97. The molecule has 0 spiro atoms. The first-order chi connectivity index (χ1) is 11.2. The number of benzene rings is 2. The highest BCUT2D eigenvalue weighted by atomic mass is 16.5. The van der Waals surface area contributed by atoms with Crippen molar-refractivity contribution in [2.45, 2.75) is 6.54 Å². The van der Waals surface area contributed by atoms with Crippen molar-refractivity contribution < 1.29 is 18.7 Å². The zero-order chi connectivity index (χ0) is 16.0. The molecule has 0 saturated heterocycles. The van der Waals surface area contributed by atoms with Gasteiger partial charge in [-0.2, -0.15) is 0 Å². The first-order valence-electron chi connectivity index (χ1n) is 7.19. The van der Waals surface area contributed by atoms with Gasteiger partial charge in [-0.25, -0.2) is 0 Å². The third kappa shape index (κ3) is 2.09. The van der Waals surface area contributed by atoms with Crippen LogP contribution in [0.25, 0.3) is 11.0 Å². The molecule has 1 aliphatic heterocycles. The van der Waals surface area contributed by atoms with Crippen molar-refractivity contribution in [2.75, 3.05) is 12.0 Å². The van der Waals surface area contributed by atoms with Gasteiger partial charge in [0.15, 0.2) is 0 Å². The summed E-state index contributed by atoms with van der Waals surface area (Å²) in [7, 11) is 1.52. The predicted molar refractivity (Wildman–Crippen MR) is 84.7 cm³/mol. The molecule has 0 fully saturated rings. The second-order valence-corrected chi connectivity index (χ2v) is 5.35. The summed E-state index contributed by atoms with van der Waals surface area (Å²) in [5, 5.41) is 0.968. The number of ketones is 1. The van der Waals surface area contributed by atoms with E-state index in [4.69, 9.17) is 9.15 Å². The van der Waals surface area contributed by atoms with E-state index >= 15 is 0 Å². The van der Waals surface area contributed by atoms with Gasteiger partial charge in [0.2, 0.25) is 0 Å². The fraction of sp³-hybridized carbons (Fsp3) is 0.111. The van der Waals surface area contributed by atoms with Crippen LogP contribution in [0.15, 0.2) is 52.9 Å². The van der Waals surface area contributed by atoms with Gasteiger partial charge in [-0.1, -0.05) is 18.2 Å². The molecule has 3 aromatic rings. The summed E-state index contributed by atoms with van der Waals surface area (Å²) in [6, 6.07) is 14.6. The van der Waals surface area contributed by atoms with Gasteiger partial charge in [0.1, 0.15) is 17.1 Å². The van der Waals surface area contributed by atoms with E-state index in [1.807, 2.05) is 30.3 Å². The maximum atomic E-state index is 12.3. The number of nitrogens with zero attached hydrogens (tertiary/aromatic N) is 1. The lowest BCUT2D eigenvalue weighted by atomic mass is 10.1. The van der Waals surface area contributed by atoms with Gasteiger partial charge in [-0.3, -0.25) is 14.5 Å². The molecule has 114 valence electrons. The Bertz CT molecular complexity index is 908. The number of rotatable bonds is 3. The number of furan rings is 1. The average molecular weight is 307 g/mol. The molecule has 2 heterocycles. The number of hydrogen-bond acceptors (Lipinski definition) is 4. The zero-order valence-corrected chi connectivity index (χ0v) is 12.4. The Hall–Kier alpha value is -3.08. The van der Waals surface area contributed by atoms with Crippen LogP contribution in [0.1, 0.15) is 16.1 Å². The van der Waals surface area contributed by atoms with Crippen LogP contribution >= 0.6 is 0 Å². The Morgan fingerprint density at radius 2 is 1.91 bits per heavy atom. The monoisotopic (exact) mass is 307 g/mol. The van der Waals surface area contributed by atoms with Gasteiger partial charge in [0.05, 0.1) is 24.9 Å². The van der Waals surface area contributed by atoms with Crippen LogP contribution in [0.4, 0.5) is 5.69 Å². The maximum Gasteiger partial charge on any atom is 0.299 e. The Morgan fingerprint density at radius 3 is 2.70 bits per heavy atom. The molecule has 2 aromatic carbocycles. The number of methoxy groups -OCH3 is 1. The summed E-state index contributed by atoms with van der Waals surface area (Å²) in [5.41, 5.74) is 1.71. The molecule has 5 heteroatoms. The smallest absolute Gasteiger partial charge is 0.299 e. The van der Waals surface area contributed by atoms with Crippen molar-refractivity contribution in [3.05, 3.63) is 59.9 Å². The lowest BCUT2D eigenvalue weighted by Gasteiger charge is -2.14. The summed E-state index contributed by atoms with van der Waals surface area (Å²) in [6.45, 7) is 0.221. The molecule has 5 nitrogen and oxygen atoms in total. The van der Waals surface area contributed by atoms with E-state index < -0.39 is 11.7 Å². The fourth-order valence-corrected chi connectivity index (χ4v) is 2.83. The normalized spacial score (nSPS) is 13.7. The maximum absolute atomic E-state index is 12.3. The van der Waals surface area contributed by atoms with Crippen molar-refractivity contribution in [3.8, 4) is 5.75 Å². The first kappa shape index (κ1) is 13.6. The van der Waals surface area contributed by atoms with Gasteiger partial charge >= 0.3 is 0 Å². The third-order valence-corrected chi connectivity index (χ3v) is 3.97. The average Bonchev–Trinajstić information content (AvgIpc) is 3.09. The summed E-state index contributed by atoms with van der Waals surface area (Å²) in [6.07, 6.45) is 0. The van der Waals surface area contributed by atoms with Gasteiger partial charge in [0, 0.05) is 5.39 Å². The molecule has 4 rings (SSSR count). The molecule has 1 aromatic heterocycles. The molecule has 1 amide bonds. The van der Waals surface area contributed by atoms with E-state index in [2.05, 4.69) is 0 Å². The van der Waals surface area contributed by atoms with Crippen LogP contribution in [0.5, 0.6) is 5.75 Å². The molecule has 23 heavy (non-hydrogen) atoms. The Labute approximate surface area is 132 Å². The minimum absolute atomic E-state index is 0.221. The number of fused-ring (bicyclic) bond motifs is 2. The van der Waals surface area contributed by atoms with Gasteiger partial charge in [-0.15, -0.1) is 0 Å². The summed E-state index contributed by atoms with van der Waals surface area (Å²) < 4.78 is 10.9. The number of ether oxygens (including phenoxy) is 1. The lowest BCUT2D eigenvalue weighted by molar-refractivity contribution is -0.114. The molecule has 0 aliphatic carbocycles. The van der Waals surface area contributed by atoms with Crippen LogP contribution in [-0.2, 0) is 11.3 Å². The number of amides is 1. The van der Waals surface area contributed by atoms with E-state index in [9.17, 15) is 9.59 Å². The van der Waals surface area contributed by atoms with Gasteiger partial charge < -0.3 is 9.15 Å². The van der Waals surface area contributed by atoms with Crippen molar-refractivity contribution >= 4 is 28.3 Å².